The van der Waals surface area contributed by atoms with Crippen LogP contribution in [0, 0.1) is 5.92 Å². The molecule has 0 spiro atoms. The summed E-state index contributed by atoms with van der Waals surface area (Å²) in [5.74, 6) is 1.54. The SMILES string of the molecule is Cn1cc(CN2CC3CC2C[C@@H]3Oc2cccnc2)cn1. The molecule has 2 aromatic heterocycles. The molecule has 2 unspecified atom stereocenters. The van der Waals surface area contributed by atoms with E-state index in [9.17, 15) is 0 Å². The van der Waals surface area contributed by atoms with Gasteiger partial charge in [-0.05, 0) is 18.6 Å². The molecule has 5 nitrogen and oxygen atoms in total. The molecule has 2 aromatic rings. The molecule has 5 heteroatoms. The monoisotopic (exact) mass is 284 g/mol. The summed E-state index contributed by atoms with van der Waals surface area (Å²) in [6.07, 6.45) is 10.4. The van der Waals surface area contributed by atoms with Gasteiger partial charge < -0.3 is 4.74 Å². The Bertz CT molecular complexity index is 612. The Morgan fingerprint density at radius 3 is 2.95 bits per heavy atom. The highest BCUT2D eigenvalue weighted by molar-refractivity contribution is 5.17. The largest absolute Gasteiger partial charge is 0.488 e. The summed E-state index contributed by atoms with van der Waals surface area (Å²) in [4.78, 5) is 6.69. The molecular weight excluding hydrogens is 264 g/mol. The zero-order chi connectivity index (χ0) is 14.2. The van der Waals surface area contributed by atoms with Gasteiger partial charge in [-0.25, -0.2) is 0 Å². The smallest absolute Gasteiger partial charge is 0.138 e. The molecule has 2 bridgehead atoms. The summed E-state index contributed by atoms with van der Waals surface area (Å²) in [6.45, 7) is 2.14. The maximum Gasteiger partial charge on any atom is 0.138 e. The first kappa shape index (κ1) is 12.8. The zero-order valence-corrected chi connectivity index (χ0v) is 12.2. The van der Waals surface area contributed by atoms with Crippen molar-refractivity contribution in [2.45, 2.75) is 31.5 Å². The average Bonchev–Trinajstić information content (AvgIpc) is 3.17. The maximum absolute atomic E-state index is 6.11. The van der Waals surface area contributed by atoms with E-state index < -0.39 is 0 Å². The average molecular weight is 284 g/mol. The predicted molar refractivity (Wildman–Crippen MR) is 78.8 cm³/mol. The van der Waals surface area contributed by atoms with E-state index in [-0.39, 0.29) is 0 Å². The van der Waals surface area contributed by atoms with E-state index >= 15 is 0 Å². The van der Waals surface area contributed by atoms with Gasteiger partial charge in [-0.15, -0.1) is 0 Å². The molecule has 3 atom stereocenters. The fourth-order valence-electron chi connectivity index (χ4n) is 3.72. The van der Waals surface area contributed by atoms with Crippen LogP contribution in [0.1, 0.15) is 18.4 Å². The van der Waals surface area contributed by atoms with Crippen LogP contribution in [0.2, 0.25) is 0 Å². The minimum absolute atomic E-state index is 0.351. The fourth-order valence-corrected chi connectivity index (χ4v) is 3.72. The van der Waals surface area contributed by atoms with Crippen LogP contribution in [0.3, 0.4) is 0 Å². The lowest BCUT2D eigenvalue weighted by molar-refractivity contribution is 0.0887. The molecule has 3 heterocycles. The highest BCUT2D eigenvalue weighted by Crippen LogP contribution is 2.40. The minimum Gasteiger partial charge on any atom is -0.488 e. The van der Waals surface area contributed by atoms with E-state index in [2.05, 4.69) is 21.2 Å². The normalized spacial score (nSPS) is 28.1. The standard InChI is InChI=1S/C16H20N4O/c1-19-9-12(7-18-19)10-20-11-13-5-14(20)6-16(13)21-15-3-2-4-17-8-15/h2-4,7-9,13-14,16H,5-6,10-11H2,1H3/t13?,14?,16-/m0/s1. The van der Waals surface area contributed by atoms with Gasteiger partial charge in [0.1, 0.15) is 11.9 Å². The van der Waals surface area contributed by atoms with Crippen LogP contribution >= 0.6 is 0 Å². The van der Waals surface area contributed by atoms with Crippen LogP contribution in [0.15, 0.2) is 36.9 Å². The highest BCUT2D eigenvalue weighted by Gasteiger charge is 2.45. The van der Waals surface area contributed by atoms with Crippen LogP contribution in [0.5, 0.6) is 5.75 Å². The molecule has 21 heavy (non-hydrogen) atoms. The second kappa shape index (κ2) is 5.15. The van der Waals surface area contributed by atoms with E-state index in [1.54, 1.807) is 12.4 Å². The van der Waals surface area contributed by atoms with Gasteiger partial charge in [0.2, 0.25) is 0 Å². The van der Waals surface area contributed by atoms with Gasteiger partial charge >= 0.3 is 0 Å². The first-order valence-corrected chi connectivity index (χ1v) is 7.56. The first-order valence-electron chi connectivity index (χ1n) is 7.56. The summed E-state index contributed by atoms with van der Waals surface area (Å²) < 4.78 is 7.98. The Balaban J connectivity index is 1.37. The Morgan fingerprint density at radius 2 is 2.29 bits per heavy atom. The number of fused-ring (bicyclic) bond motifs is 2. The van der Waals surface area contributed by atoms with Gasteiger partial charge in [-0.3, -0.25) is 14.6 Å². The Hall–Kier alpha value is -1.88. The molecule has 4 rings (SSSR count). The fraction of sp³-hybridized carbons (Fsp3) is 0.500. The molecule has 1 aliphatic heterocycles. The number of ether oxygens (including phenoxy) is 1. The van der Waals surface area contributed by atoms with Crippen molar-refractivity contribution in [1.29, 1.82) is 0 Å². The van der Waals surface area contributed by atoms with Crippen LogP contribution in [-0.2, 0) is 13.6 Å². The molecule has 2 fully saturated rings. The Morgan fingerprint density at radius 1 is 1.33 bits per heavy atom. The van der Waals surface area contributed by atoms with Crippen molar-refractivity contribution in [3.05, 3.63) is 42.5 Å². The number of likely N-dealkylation sites (tertiary alicyclic amines) is 1. The van der Waals surface area contributed by atoms with E-state index in [4.69, 9.17) is 4.74 Å². The summed E-state index contributed by atoms with van der Waals surface area (Å²) in [7, 11) is 1.97. The number of pyridine rings is 1. The van der Waals surface area contributed by atoms with E-state index in [1.807, 2.05) is 30.1 Å². The maximum atomic E-state index is 6.11. The predicted octanol–water partition coefficient (Wildman–Crippen LogP) is 1.86. The third-order valence-corrected chi connectivity index (χ3v) is 4.66. The molecule has 110 valence electrons. The topological polar surface area (TPSA) is 43.2 Å². The molecule has 0 amide bonds. The van der Waals surface area contributed by atoms with Crippen molar-refractivity contribution < 1.29 is 4.74 Å². The molecule has 2 aliphatic rings. The zero-order valence-electron chi connectivity index (χ0n) is 12.2. The van der Waals surface area contributed by atoms with Gasteiger partial charge in [-0.2, -0.15) is 5.10 Å². The molecule has 1 aliphatic carbocycles. The van der Waals surface area contributed by atoms with Crippen molar-refractivity contribution in [1.82, 2.24) is 19.7 Å². The van der Waals surface area contributed by atoms with Gasteiger partial charge in [0.05, 0.1) is 12.4 Å². The molecular formula is C16H20N4O. The van der Waals surface area contributed by atoms with Crippen LogP contribution in [0.4, 0.5) is 0 Å². The van der Waals surface area contributed by atoms with Crippen molar-refractivity contribution in [2.24, 2.45) is 13.0 Å². The van der Waals surface area contributed by atoms with Crippen molar-refractivity contribution >= 4 is 0 Å². The number of rotatable bonds is 4. The molecule has 0 aromatic carbocycles. The van der Waals surface area contributed by atoms with Gasteiger partial charge in [0.15, 0.2) is 0 Å². The van der Waals surface area contributed by atoms with Gasteiger partial charge in [-0.1, -0.05) is 0 Å². The number of piperidine rings is 1. The first-order chi connectivity index (χ1) is 10.3. The number of nitrogens with zero attached hydrogens (tertiary/aromatic N) is 4. The lowest BCUT2D eigenvalue weighted by atomic mass is 10.1. The quantitative estimate of drug-likeness (QED) is 0.859. The van der Waals surface area contributed by atoms with Gasteiger partial charge in [0, 0.05) is 56.5 Å². The van der Waals surface area contributed by atoms with Crippen molar-refractivity contribution in [3.63, 3.8) is 0 Å². The molecule has 1 saturated carbocycles. The Labute approximate surface area is 124 Å². The Kier molecular flexibility index (Phi) is 3.15. The summed E-state index contributed by atoms with van der Waals surface area (Å²) in [5.41, 5.74) is 1.30. The van der Waals surface area contributed by atoms with Crippen molar-refractivity contribution in [2.75, 3.05) is 6.54 Å². The summed E-state index contributed by atoms with van der Waals surface area (Å²) in [6, 6.07) is 4.57. The lowest BCUT2D eigenvalue weighted by Crippen LogP contribution is -2.39. The summed E-state index contributed by atoms with van der Waals surface area (Å²) in [5, 5.41) is 4.25. The highest BCUT2D eigenvalue weighted by atomic mass is 16.5. The van der Waals surface area contributed by atoms with Gasteiger partial charge in [0.25, 0.3) is 0 Å². The summed E-state index contributed by atoms with van der Waals surface area (Å²) >= 11 is 0. The van der Waals surface area contributed by atoms with E-state index in [0.717, 1.165) is 25.3 Å². The second-order valence-electron chi connectivity index (χ2n) is 6.18. The number of aryl methyl sites for hydroxylation is 1. The number of aromatic nitrogens is 3. The minimum atomic E-state index is 0.351. The number of hydrogen-bond acceptors (Lipinski definition) is 4. The molecule has 0 N–H and O–H groups in total. The molecule has 0 radical (unpaired) electrons. The lowest BCUT2D eigenvalue weighted by Gasteiger charge is -2.31. The van der Waals surface area contributed by atoms with Crippen LogP contribution in [0.25, 0.3) is 0 Å². The third-order valence-electron chi connectivity index (χ3n) is 4.66. The van der Waals surface area contributed by atoms with Crippen LogP contribution < -0.4 is 4.74 Å². The van der Waals surface area contributed by atoms with Crippen molar-refractivity contribution in [3.8, 4) is 5.75 Å². The van der Waals surface area contributed by atoms with E-state index in [1.165, 1.54) is 12.0 Å². The third kappa shape index (κ3) is 2.53. The van der Waals surface area contributed by atoms with E-state index in [0.29, 0.717) is 18.1 Å². The van der Waals surface area contributed by atoms with Crippen LogP contribution in [-0.4, -0.2) is 38.4 Å². The molecule has 1 saturated heterocycles. The second-order valence-corrected chi connectivity index (χ2v) is 6.18. The number of hydrogen-bond donors (Lipinski definition) is 0.